The minimum absolute atomic E-state index is 0.0578. The van der Waals surface area contributed by atoms with Gasteiger partial charge in [0.25, 0.3) is 5.91 Å². The number of nitrogens with one attached hydrogen (secondary N) is 3. The summed E-state index contributed by atoms with van der Waals surface area (Å²) in [6.45, 7) is 4.82. The van der Waals surface area contributed by atoms with Crippen molar-refractivity contribution in [3.8, 4) is 0 Å². The summed E-state index contributed by atoms with van der Waals surface area (Å²) in [5.74, 6) is -0.785. The molecule has 1 saturated heterocycles. The molecule has 132 valence electrons. The molecule has 3 amide bonds. The molecule has 3 N–H and O–H groups in total. The highest BCUT2D eigenvalue weighted by Crippen LogP contribution is 2.15. The summed E-state index contributed by atoms with van der Waals surface area (Å²) in [5, 5.41) is 8.12. The van der Waals surface area contributed by atoms with Gasteiger partial charge in [-0.15, -0.1) is 0 Å². The SMILES string of the molecule is Cc1ccc(C(=O)NCCNC(=O)N[C@@H](C)[C@@H]2CCCO2)cc1F. The highest BCUT2D eigenvalue weighted by atomic mass is 19.1. The van der Waals surface area contributed by atoms with Crippen molar-refractivity contribution in [3.05, 3.63) is 35.1 Å². The van der Waals surface area contributed by atoms with Crippen molar-refractivity contribution in [1.29, 1.82) is 0 Å². The Morgan fingerprint density at radius 1 is 1.33 bits per heavy atom. The maximum atomic E-state index is 13.4. The number of urea groups is 1. The topological polar surface area (TPSA) is 79.5 Å². The van der Waals surface area contributed by atoms with E-state index in [0.29, 0.717) is 5.56 Å². The first-order chi connectivity index (χ1) is 11.5. The Balaban J connectivity index is 1.65. The molecular weight excluding hydrogens is 313 g/mol. The van der Waals surface area contributed by atoms with Gasteiger partial charge in [-0.1, -0.05) is 6.07 Å². The van der Waals surface area contributed by atoms with Crippen molar-refractivity contribution in [2.24, 2.45) is 0 Å². The molecule has 1 aliphatic heterocycles. The van der Waals surface area contributed by atoms with Crippen LogP contribution in [0.15, 0.2) is 18.2 Å². The number of carbonyl (C=O) groups is 2. The number of amides is 3. The summed E-state index contributed by atoms with van der Waals surface area (Å²) in [5.41, 5.74) is 0.750. The molecule has 0 bridgehead atoms. The highest BCUT2D eigenvalue weighted by Gasteiger charge is 2.23. The number of hydrogen-bond acceptors (Lipinski definition) is 3. The van der Waals surface area contributed by atoms with E-state index < -0.39 is 5.82 Å². The molecular formula is C17H24FN3O3. The number of aryl methyl sites for hydroxylation is 1. The summed E-state index contributed by atoms with van der Waals surface area (Å²) < 4.78 is 18.9. The minimum atomic E-state index is -0.414. The molecule has 1 aromatic rings. The van der Waals surface area contributed by atoms with E-state index in [1.165, 1.54) is 6.07 Å². The van der Waals surface area contributed by atoms with E-state index >= 15 is 0 Å². The van der Waals surface area contributed by atoms with Crippen molar-refractivity contribution in [2.45, 2.75) is 38.8 Å². The summed E-state index contributed by atoms with van der Waals surface area (Å²) in [7, 11) is 0. The van der Waals surface area contributed by atoms with Crippen LogP contribution in [0.3, 0.4) is 0 Å². The van der Waals surface area contributed by atoms with E-state index in [4.69, 9.17) is 4.74 Å². The molecule has 0 unspecified atom stereocenters. The molecule has 2 rings (SSSR count). The average molecular weight is 337 g/mol. The molecule has 7 heteroatoms. The van der Waals surface area contributed by atoms with Crippen LogP contribution in [0.25, 0.3) is 0 Å². The van der Waals surface area contributed by atoms with Crippen molar-refractivity contribution < 1.29 is 18.7 Å². The third kappa shape index (κ3) is 5.19. The number of ether oxygens (including phenoxy) is 1. The van der Waals surface area contributed by atoms with Gasteiger partial charge in [-0.25, -0.2) is 9.18 Å². The fraction of sp³-hybridized carbons (Fsp3) is 0.529. The van der Waals surface area contributed by atoms with Gasteiger partial charge in [0, 0.05) is 25.3 Å². The van der Waals surface area contributed by atoms with Gasteiger partial charge in [0.1, 0.15) is 5.82 Å². The quantitative estimate of drug-likeness (QED) is 0.692. The lowest BCUT2D eigenvalue weighted by Gasteiger charge is -2.20. The first-order valence-corrected chi connectivity index (χ1v) is 8.17. The van der Waals surface area contributed by atoms with Gasteiger partial charge < -0.3 is 20.7 Å². The van der Waals surface area contributed by atoms with E-state index in [1.54, 1.807) is 19.1 Å². The molecule has 1 aliphatic rings. The molecule has 0 aromatic heterocycles. The predicted octanol–water partition coefficient (Wildman–Crippen LogP) is 1.73. The zero-order chi connectivity index (χ0) is 17.5. The van der Waals surface area contributed by atoms with Gasteiger partial charge in [-0.2, -0.15) is 0 Å². The van der Waals surface area contributed by atoms with Crippen LogP contribution in [0, 0.1) is 12.7 Å². The van der Waals surface area contributed by atoms with Crippen LogP contribution >= 0.6 is 0 Å². The zero-order valence-corrected chi connectivity index (χ0v) is 14.0. The molecule has 0 aliphatic carbocycles. The molecule has 1 aromatic carbocycles. The van der Waals surface area contributed by atoms with Crippen LogP contribution in [0.5, 0.6) is 0 Å². The molecule has 6 nitrogen and oxygen atoms in total. The van der Waals surface area contributed by atoms with Gasteiger partial charge in [0.15, 0.2) is 0 Å². The lowest BCUT2D eigenvalue weighted by molar-refractivity contribution is 0.0860. The number of carbonyl (C=O) groups excluding carboxylic acids is 2. The van der Waals surface area contributed by atoms with Crippen LogP contribution in [-0.2, 0) is 4.74 Å². The molecule has 0 radical (unpaired) electrons. The fourth-order valence-electron chi connectivity index (χ4n) is 2.54. The van der Waals surface area contributed by atoms with Crippen molar-refractivity contribution >= 4 is 11.9 Å². The minimum Gasteiger partial charge on any atom is -0.376 e. The van der Waals surface area contributed by atoms with Crippen molar-refractivity contribution in [1.82, 2.24) is 16.0 Å². The van der Waals surface area contributed by atoms with Crippen LogP contribution in [0.4, 0.5) is 9.18 Å². The Kier molecular flexibility index (Phi) is 6.54. The van der Waals surface area contributed by atoms with Crippen LogP contribution in [-0.4, -0.2) is 43.8 Å². The number of benzene rings is 1. The van der Waals surface area contributed by atoms with E-state index in [1.807, 2.05) is 6.92 Å². The maximum Gasteiger partial charge on any atom is 0.315 e. The van der Waals surface area contributed by atoms with Gasteiger partial charge in [-0.3, -0.25) is 4.79 Å². The van der Waals surface area contributed by atoms with E-state index in [-0.39, 0.29) is 42.7 Å². The lowest BCUT2D eigenvalue weighted by Crippen LogP contribution is -2.47. The van der Waals surface area contributed by atoms with Crippen LogP contribution in [0.1, 0.15) is 35.7 Å². The second-order valence-electron chi connectivity index (χ2n) is 5.96. The van der Waals surface area contributed by atoms with Crippen LogP contribution < -0.4 is 16.0 Å². The molecule has 0 spiro atoms. The monoisotopic (exact) mass is 337 g/mol. The standard InChI is InChI=1S/C17H24FN3O3/c1-11-5-6-13(10-14(11)18)16(22)19-7-8-20-17(23)21-12(2)15-4-3-9-24-15/h5-6,10,12,15H,3-4,7-9H2,1-2H3,(H,19,22)(H2,20,21,23)/t12-,15-/m0/s1. The smallest absolute Gasteiger partial charge is 0.315 e. The first kappa shape index (κ1) is 18.2. The number of rotatable bonds is 6. The second-order valence-corrected chi connectivity index (χ2v) is 5.96. The molecule has 1 fully saturated rings. The lowest BCUT2D eigenvalue weighted by atomic mass is 10.1. The van der Waals surface area contributed by atoms with Crippen molar-refractivity contribution in [3.63, 3.8) is 0 Å². The predicted molar refractivity (Wildman–Crippen MR) is 88.4 cm³/mol. The van der Waals surface area contributed by atoms with E-state index in [9.17, 15) is 14.0 Å². The van der Waals surface area contributed by atoms with Gasteiger partial charge in [0.2, 0.25) is 0 Å². The molecule has 0 saturated carbocycles. The van der Waals surface area contributed by atoms with Crippen LogP contribution in [0.2, 0.25) is 0 Å². The molecule has 24 heavy (non-hydrogen) atoms. The summed E-state index contributed by atoms with van der Waals surface area (Å²) in [6, 6.07) is 3.97. The normalized spacial score (nSPS) is 18.0. The Morgan fingerprint density at radius 3 is 2.75 bits per heavy atom. The largest absolute Gasteiger partial charge is 0.376 e. The van der Waals surface area contributed by atoms with Gasteiger partial charge >= 0.3 is 6.03 Å². The summed E-state index contributed by atoms with van der Waals surface area (Å²) in [4.78, 5) is 23.6. The first-order valence-electron chi connectivity index (χ1n) is 8.17. The number of hydrogen-bond donors (Lipinski definition) is 3. The molecule has 2 atom stereocenters. The van der Waals surface area contributed by atoms with Crippen molar-refractivity contribution in [2.75, 3.05) is 19.7 Å². The Morgan fingerprint density at radius 2 is 2.08 bits per heavy atom. The Bertz CT molecular complexity index is 588. The van der Waals surface area contributed by atoms with E-state index in [0.717, 1.165) is 19.4 Å². The van der Waals surface area contributed by atoms with Gasteiger partial charge in [-0.05, 0) is 44.4 Å². The summed E-state index contributed by atoms with van der Waals surface area (Å²) in [6.07, 6.45) is 2.03. The average Bonchev–Trinajstić information content (AvgIpc) is 3.08. The van der Waals surface area contributed by atoms with Gasteiger partial charge in [0.05, 0.1) is 12.1 Å². The third-order valence-electron chi connectivity index (χ3n) is 4.01. The highest BCUT2D eigenvalue weighted by molar-refractivity contribution is 5.94. The second kappa shape index (κ2) is 8.63. The third-order valence-corrected chi connectivity index (χ3v) is 4.01. The summed E-state index contributed by atoms with van der Waals surface area (Å²) >= 11 is 0. The maximum absolute atomic E-state index is 13.4. The number of halogens is 1. The Labute approximate surface area is 141 Å². The Hall–Kier alpha value is -2.15. The van der Waals surface area contributed by atoms with E-state index in [2.05, 4.69) is 16.0 Å². The zero-order valence-electron chi connectivity index (χ0n) is 14.0. The molecule has 1 heterocycles. The fourth-order valence-corrected chi connectivity index (χ4v) is 2.54.